The summed E-state index contributed by atoms with van der Waals surface area (Å²) in [6.45, 7) is 1.05. The molecule has 0 spiro atoms. The average Bonchev–Trinajstić information content (AvgIpc) is 2.80. The highest BCUT2D eigenvalue weighted by molar-refractivity contribution is 5.88. The number of amides is 1. The van der Waals surface area contributed by atoms with E-state index in [2.05, 4.69) is 12.1 Å². The molecule has 1 saturated heterocycles. The summed E-state index contributed by atoms with van der Waals surface area (Å²) < 4.78 is 6.02. The smallest absolute Gasteiger partial charge is 0.235 e. The Morgan fingerprint density at radius 3 is 2.00 bits per heavy atom. The normalized spacial score (nSPS) is 18.1. The number of carbonyl (C=O) groups excluding carboxylic acids is 1. The number of ether oxygens (including phenoxy) is 1. The van der Waals surface area contributed by atoms with Crippen molar-refractivity contribution in [1.29, 1.82) is 0 Å². The van der Waals surface area contributed by atoms with Crippen LogP contribution >= 0.6 is 0 Å². The molecule has 0 aromatic heterocycles. The predicted molar refractivity (Wildman–Crippen MR) is 122 cm³/mol. The summed E-state index contributed by atoms with van der Waals surface area (Å²) in [6, 6.07) is 29.7. The van der Waals surface area contributed by atoms with Crippen LogP contribution in [0.15, 0.2) is 91.0 Å². The summed E-state index contributed by atoms with van der Waals surface area (Å²) in [5.74, 6) is -0.365. The van der Waals surface area contributed by atoms with E-state index < -0.39 is 0 Å². The van der Waals surface area contributed by atoms with Gasteiger partial charge in [-0.1, -0.05) is 91.0 Å². The molecule has 2 atom stereocenters. The van der Waals surface area contributed by atoms with E-state index in [-0.39, 0.29) is 30.6 Å². The fourth-order valence-electron chi connectivity index (χ4n) is 4.24. The molecule has 1 N–H and O–H groups in total. The van der Waals surface area contributed by atoms with E-state index >= 15 is 0 Å². The Hall–Kier alpha value is -2.95. The maximum absolute atomic E-state index is 13.5. The zero-order valence-electron chi connectivity index (χ0n) is 17.6. The van der Waals surface area contributed by atoms with Gasteiger partial charge in [0.15, 0.2) is 0 Å². The van der Waals surface area contributed by atoms with E-state index in [0.29, 0.717) is 13.2 Å². The summed E-state index contributed by atoms with van der Waals surface area (Å²) in [7, 11) is 0. The number of nitrogens with zero attached hydrogens (tertiary/aromatic N) is 1. The minimum Gasteiger partial charge on any atom is -0.394 e. The second kappa shape index (κ2) is 10.4. The number of benzene rings is 3. The van der Waals surface area contributed by atoms with Gasteiger partial charge < -0.3 is 14.7 Å². The number of likely N-dealkylation sites (tertiary alicyclic amines) is 1. The number of hydrogen-bond donors (Lipinski definition) is 1. The molecule has 1 amide bonds. The molecule has 1 fully saturated rings. The fourth-order valence-corrected chi connectivity index (χ4v) is 4.24. The van der Waals surface area contributed by atoms with Gasteiger partial charge in [0.05, 0.1) is 24.7 Å². The van der Waals surface area contributed by atoms with Gasteiger partial charge in [0.25, 0.3) is 0 Å². The molecule has 160 valence electrons. The quantitative estimate of drug-likeness (QED) is 0.537. The SMILES string of the molecule is O=C(C(c1ccccc1)c1ccccc1)N1C[C@H](OCCCc2ccccc2)[C@H]1CO. The Labute approximate surface area is 184 Å². The van der Waals surface area contributed by atoms with Crippen molar-refractivity contribution in [1.82, 2.24) is 4.90 Å². The van der Waals surface area contributed by atoms with Crippen molar-refractivity contribution in [2.24, 2.45) is 0 Å². The molecule has 31 heavy (non-hydrogen) atoms. The monoisotopic (exact) mass is 415 g/mol. The molecule has 1 aliphatic heterocycles. The maximum Gasteiger partial charge on any atom is 0.235 e. The summed E-state index contributed by atoms with van der Waals surface area (Å²) in [6.07, 6.45) is 1.77. The van der Waals surface area contributed by atoms with Crippen molar-refractivity contribution in [3.63, 3.8) is 0 Å². The molecule has 4 nitrogen and oxygen atoms in total. The van der Waals surface area contributed by atoms with Crippen LogP contribution in [0.25, 0.3) is 0 Å². The first-order chi connectivity index (χ1) is 15.3. The topological polar surface area (TPSA) is 49.8 Å². The molecule has 3 aromatic carbocycles. The molecule has 1 heterocycles. The van der Waals surface area contributed by atoms with E-state index in [1.807, 2.05) is 78.9 Å². The van der Waals surface area contributed by atoms with Crippen LogP contribution in [0, 0.1) is 0 Å². The molecule has 0 radical (unpaired) electrons. The maximum atomic E-state index is 13.5. The number of aryl methyl sites for hydroxylation is 1. The van der Waals surface area contributed by atoms with Gasteiger partial charge in [-0.05, 0) is 29.5 Å². The summed E-state index contributed by atoms with van der Waals surface area (Å²) in [5.41, 5.74) is 3.22. The molecule has 0 unspecified atom stereocenters. The zero-order valence-corrected chi connectivity index (χ0v) is 17.6. The van der Waals surface area contributed by atoms with Gasteiger partial charge in [-0.25, -0.2) is 0 Å². The molecule has 3 aromatic rings. The Morgan fingerprint density at radius 2 is 1.45 bits per heavy atom. The molecule has 0 bridgehead atoms. The Bertz CT molecular complexity index is 906. The lowest BCUT2D eigenvalue weighted by Crippen LogP contribution is -2.65. The second-order valence-electron chi connectivity index (χ2n) is 7.99. The first-order valence-corrected chi connectivity index (χ1v) is 10.9. The first-order valence-electron chi connectivity index (χ1n) is 10.9. The number of hydrogen-bond acceptors (Lipinski definition) is 3. The third-order valence-corrected chi connectivity index (χ3v) is 5.97. The number of aliphatic hydroxyl groups excluding tert-OH is 1. The largest absolute Gasteiger partial charge is 0.394 e. The van der Waals surface area contributed by atoms with Crippen LogP contribution < -0.4 is 0 Å². The van der Waals surface area contributed by atoms with Gasteiger partial charge in [0.2, 0.25) is 5.91 Å². The van der Waals surface area contributed by atoms with Crippen LogP contribution in [-0.2, 0) is 16.0 Å². The Morgan fingerprint density at radius 1 is 0.903 bits per heavy atom. The molecule has 0 aliphatic carbocycles. The van der Waals surface area contributed by atoms with Gasteiger partial charge >= 0.3 is 0 Å². The number of rotatable bonds is 9. The number of aliphatic hydroxyl groups is 1. The van der Waals surface area contributed by atoms with Crippen LogP contribution in [0.3, 0.4) is 0 Å². The number of carbonyl (C=O) groups is 1. The molecule has 4 rings (SSSR count). The predicted octanol–water partition coefficient (Wildman–Crippen LogP) is 4.04. The lowest BCUT2D eigenvalue weighted by molar-refractivity contribution is -0.162. The van der Waals surface area contributed by atoms with Crippen molar-refractivity contribution in [3.05, 3.63) is 108 Å². The highest BCUT2D eigenvalue weighted by Crippen LogP contribution is 2.32. The third-order valence-electron chi connectivity index (χ3n) is 5.97. The molecular formula is C27H29NO3. The van der Waals surface area contributed by atoms with Gasteiger partial charge in [0.1, 0.15) is 0 Å². The molecular weight excluding hydrogens is 386 g/mol. The van der Waals surface area contributed by atoms with Gasteiger partial charge in [-0.3, -0.25) is 4.79 Å². The van der Waals surface area contributed by atoms with E-state index in [4.69, 9.17) is 4.74 Å². The van der Waals surface area contributed by atoms with E-state index in [1.54, 1.807) is 4.90 Å². The zero-order chi connectivity index (χ0) is 21.5. The summed E-state index contributed by atoms with van der Waals surface area (Å²) in [5, 5.41) is 9.96. The highest BCUT2D eigenvalue weighted by Gasteiger charge is 2.44. The van der Waals surface area contributed by atoms with Crippen LogP contribution in [0.5, 0.6) is 0 Å². The van der Waals surface area contributed by atoms with Crippen molar-refractivity contribution < 1.29 is 14.6 Å². The van der Waals surface area contributed by atoms with Crippen molar-refractivity contribution in [2.45, 2.75) is 30.9 Å². The van der Waals surface area contributed by atoms with Crippen LogP contribution in [0.4, 0.5) is 0 Å². The van der Waals surface area contributed by atoms with Gasteiger partial charge in [-0.15, -0.1) is 0 Å². The standard InChI is InChI=1S/C27H29NO3/c29-20-24-25(31-18-10-13-21-11-4-1-5-12-21)19-28(24)27(30)26(22-14-6-2-7-15-22)23-16-8-3-9-17-23/h1-9,11-12,14-17,24-26,29H,10,13,18-20H2/t24-,25+/m1/s1. The lowest BCUT2D eigenvalue weighted by atomic mass is 9.87. The molecule has 1 aliphatic rings. The van der Waals surface area contributed by atoms with E-state index in [1.165, 1.54) is 5.56 Å². The van der Waals surface area contributed by atoms with Gasteiger partial charge in [-0.2, -0.15) is 0 Å². The average molecular weight is 416 g/mol. The van der Waals surface area contributed by atoms with Crippen molar-refractivity contribution in [2.75, 3.05) is 19.8 Å². The van der Waals surface area contributed by atoms with Gasteiger partial charge in [0, 0.05) is 13.2 Å². The summed E-state index contributed by atoms with van der Waals surface area (Å²) >= 11 is 0. The minimum absolute atomic E-state index is 0.0144. The Balaban J connectivity index is 1.38. The second-order valence-corrected chi connectivity index (χ2v) is 7.99. The Kier molecular flexibility index (Phi) is 7.13. The summed E-state index contributed by atoms with van der Waals surface area (Å²) in [4.78, 5) is 15.3. The fraction of sp³-hybridized carbons (Fsp3) is 0.296. The minimum atomic E-state index is -0.379. The molecule has 0 saturated carbocycles. The van der Waals surface area contributed by atoms with Crippen LogP contribution in [0.2, 0.25) is 0 Å². The van der Waals surface area contributed by atoms with E-state index in [9.17, 15) is 9.90 Å². The molecule has 4 heteroatoms. The highest BCUT2D eigenvalue weighted by atomic mass is 16.5. The third kappa shape index (κ3) is 5.04. The van der Waals surface area contributed by atoms with Crippen molar-refractivity contribution >= 4 is 5.91 Å². The van der Waals surface area contributed by atoms with Crippen molar-refractivity contribution in [3.8, 4) is 0 Å². The van der Waals surface area contributed by atoms with E-state index in [0.717, 1.165) is 24.0 Å². The first kappa shape index (κ1) is 21.3. The lowest BCUT2D eigenvalue weighted by Gasteiger charge is -2.48. The van der Waals surface area contributed by atoms with Crippen LogP contribution in [0.1, 0.15) is 29.0 Å². The van der Waals surface area contributed by atoms with Crippen LogP contribution in [-0.4, -0.2) is 47.8 Å².